The number of carbonyl (C=O) groups excluding carboxylic acids is 2. The fraction of sp³-hybridized carbons (Fsp3) is 0.577. The summed E-state index contributed by atoms with van der Waals surface area (Å²) in [7, 11) is 1.37. The Kier molecular flexibility index (Phi) is 8.09. The summed E-state index contributed by atoms with van der Waals surface area (Å²) >= 11 is 0. The van der Waals surface area contributed by atoms with E-state index in [0.717, 1.165) is 4.90 Å². The molecule has 1 saturated heterocycles. The lowest BCUT2D eigenvalue weighted by molar-refractivity contribution is -0.150. The highest BCUT2D eigenvalue weighted by Crippen LogP contribution is 2.42. The van der Waals surface area contributed by atoms with Crippen molar-refractivity contribution in [2.75, 3.05) is 20.3 Å². The number of amides is 3. The number of alkyl halides is 5. The van der Waals surface area contributed by atoms with Crippen molar-refractivity contribution in [3.63, 3.8) is 0 Å². The molecule has 0 spiro atoms. The number of rotatable bonds is 9. The molecule has 42 heavy (non-hydrogen) atoms. The first-order chi connectivity index (χ1) is 19.9. The van der Waals surface area contributed by atoms with Gasteiger partial charge in [-0.15, -0.1) is 0 Å². The van der Waals surface area contributed by atoms with Crippen LogP contribution in [-0.4, -0.2) is 70.5 Å². The van der Waals surface area contributed by atoms with Crippen molar-refractivity contribution < 1.29 is 45.3 Å². The highest BCUT2D eigenvalue weighted by Gasteiger charge is 2.48. The molecule has 1 saturated carbocycles. The van der Waals surface area contributed by atoms with E-state index < -0.39 is 54.6 Å². The van der Waals surface area contributed by atoms with Crippen LogP contribution in [0.3, 0.4) is 0 Å². The van der Waals surface area contributed by atoms with Gasteiger partial charge in [-0.05, 0) is 48.0 Å². The lowest BCUT2D eigenvalue weighted by Gasteiger charge is -2.32. The number of methoxy groups -OCH3 is 1. The van der Waals surface area contributed by atoms with Crippen LogP contribution >= 0.6 is 0 Å². The first-order valence-corrected chi connectivity index (χ1v) is 13.4. The second-order valence-electron chi connectivity index (χ2n) is 10.5. The maximum atomic E-state index is 14.0. The second kappa shape index (κ2) is 11.5. The van der Waals surface area contributed by atoms with Crippen molar-refractivity contribution in [3.8, 4) is 0 Å². The van der Waals surface area contributed by atoms with E-state index >= 15 is 0 Å². The molecule has 1 aliphatic carbocycles. The number of hydrogen-bond donors (Lipinski definition) is 2. The SMILES string of the molecule is CCc1nonc1C(=O)NC(c1nc2cc(C(COC)N3CC(C(F)(F)F)NC3=O)ccc2o1)C1CCC(F)(F)CC1. The Morgan fingerprint density at radius 3 is 2.64 bits per heavy atom. The van der Waals surface area contributed by atoms with Gasteiger partial charge in [0, 0.05) is 20.0 Å². The minimum Gasteiger partial charge on any atom is -0.438 e. The third-order valence-corrected chi connectivity index (χ3v) is 7.74. The molecule has 2 aromatic heterocycles. The molecule has 3 unspecified atom stereocenters. The van der Waals surface area contributed by atoms with Crippen molar-refractivity contribution >= 4 is 23.0 Å². The number of halogens is 5. The highest BCUT2D eigenvalue weighted by atomic mass is 19.4. The predicted molar refractivity (Wildman–Crippen MR) is 134 cm³/mol. The maximum absolute atomic E-state index is 14.0. The molecule has 1 aliphatic heterocycles. The number of nitrogens with one attached hydrogen (secondary N) is 2. The average molecular weight is 601 g/mol. The summed E-state index contributed by atoms with van der Waals surface area (Å²) in [6.07, 6.45) is -4.78. The summed E-state index contributed by atoms with van der Waals surface area (Å²) < 4.78 is 83.7. The summed E-state index contributed by atoms with van der Waals surface area (Å²) in [6.45, 7) is 1.07. The first kappa shape index (κ1) is 29.7. The summed E-state index contributed by atoms with van der Waals surface area (Å²) in [5, 5.41) is 12.1. The number of urea groups is 1. The van der Waals surface area contributed by atoms with Gasteiger partial charge in [-0.1, -0.05) is 18.1 Å². The summed E-state index contributed by atoms with van der Waals surface area (Å²) in [5.74, 6) is -3.80. The zero-order valence-electron chi connectivity index (χ0n) is 22.7. The third-order valence-electron chi connectivity index (χ3n) is 7.74. The average Bonchev–Trinajstić information content (AvgIpc) is 3.68. The van der Waals surface area contributed by atoms with Gasteiger partial charge in [0.05, 0.1) is 19.2 Å². The van der Waals surface area contributed by atoms with Crippen molar-refractivity contribution in [3.05, 3.63) is 41.0 Å². The van der Waals surface area contributed by atoms with Crippen molar-refractivity contribution in [2.24, 2.45) is 5.92 Å². The van der Waals surface area contributed by atoms with Gasteiger partial charge in [0.1, 0.15) is 23.3 Å². The van der Waals surface area contributed by atoms with Gasteiger partial charge in [-0.3, -0.25) is 4.79 Å². The molecule has 3 atom stereocenters. The van der Waals surface area contributed by atoms with Gasteiger partial charge >= 0.3 is 12.2 Å². The molecule has 0 bridgehead atoms. The maximum Gasteiger partial charge on any atom is 0.410 e. The molecule has 5 rings (SSSR count). The first-order valence-electron chi connectivity index (χ1n) is 13.4. The Hall–Kier alpha value is -3.82. The van der Waals surface area contributed by atoms with Crippen molar-refractivity contribution in [2.45, 2.75) is 69.3 Å². The molecule has 11 nitrogen and oxygen atoms in total. The smallest absolute Gasteiger partial charge is 0.410 e. The Morgan fingerprint density at radius 2 is 2.00 bits per heavy atom. The van der Waals surface area contributed by atoms with Crippen LogP contribution in [0, 0.1) is 5.92 Å². The van der Waals surface area contributed by atoms with Crippen LogP contribution in [0.15, 0.2) is 27.2 Å². The molecule has 0 radical (unpaired) electrons. The number of benzene rings is 1. The normalized spacial score (nSPS) is 21.0. The molecule has 3 heterocycles. The van der Waals surface area contributed by atoms with Gasteiger partial charge in [-0.2, -0.15) is 13.2 Å². The monoisotopic (exact) mass is 600 g/mol. The summed E-state index contributed by atoms with van der Waals surface area (Å²) in [5.41, 5.74) is 1.33. The number of hydrogen-bond acceptors (Lipinski definition) is 8. The Labute approximate surface area is 236 Å². The van der Waals surface area contributed by atoms with Crippen LogP contribution in [0.1, 0.15) is 72.3 Å². The largest absolute Gasteiger partial charge is 0.438 e. The fourth-order valence-corrected chi connectivity index (χ4v) is 5.44. The lowest BCUT2D eigenvalue weighted by atomic mass is 9.82. The van der Waals surface area contributed by atoms with E-state index in [1.165, 1.54) is 7.11 Å². The number of ether oxygens (including phenoxy) is 1. The van der Waals surface area contributed by atoms with Crippen molar-refractivity contribution in [1.29, 1.82) is 0 Å². The zero-order chi connectivity index (χ0) is 30.2. The molecule has 16 heteroatoms. The molecular weight excluding hydrogens is 571 g/mol. The predicted octanol–water partition coefficient (Wildman–Crippen LogP) is 4.71. The second-order valence-corrected chi connectivity index (χ2v) is 10.5. The minimum absolute atomic E-state index is 0.0366. The zero-order valence-corrected chi connectivity index (χ0v) is 22.7. The number of oxazole rings is 1. The standard InChI is InChI=1S/C26H29F5N6O5/c1-3-15-21(36-42-35-15)22(38)34-20(13-6-8-25(27,28)9-7-13)23-32-16-10-14(4-5-18(16)41-23)17(12-40-2)37-11-19(26(29,30)31)33-24(37)39/h4-5,10,13,17,19-20H,3,6-9,11-12H2,1-2H3,(H,33,39)(H,34,38). The van der Waals surface area contributed by atoms with E-state index in [1.54, 1.807) is 25.1 Å². The summed E-state index contributed by atoms with van der Waals surface area (Å²) in [6, 6.07) is 0.0262. The van der Waals surface area contributed by atoms with E-state index in [0.29, 0.717) is 28.8 Å². The fourth-order valence-electron chi connectivity index (χ4n) is 5.44. The van der Waals surface area contributed by atoms with E-state index in [9.17, 15) is 31.5 Å². The van der Waals surface area contributed by atoms with Crippen LogP contribution in [0.5, 0.6) is 0 Å². The van der Waals surface area contributed by atoms with Gasteiger partial charge in [-0.25, -0.2) is 23.2 Å². The topological polar surface area (TPSA) is 136 Å². The Balaban J connectivity index is 1.45. The highest BCUT2D eigenvalue weighted by molar-refractivity contribution is 5.93. The van der Waals surface area contributed by atoms with Gasteiger partial charge < -0.3 is 24.7 Å². The van der Waals surface area contributed by atoms with Crippen LogP contribution in [0.2, 0.25) is 0 Å². The van der Waals surface area contributed by atoms with E-state index in [1.807, 2.05) is 5.32 Å². The number of aryl methyl sites for hydroxylation is 1. The van der Waals surface area contributed by atoms with E-state index in [2.05, 4.69) is 20.6 Å². The molecule has 228 valence electrons. The van der Waals surface area contributed by atoms with Crippen LogP contribution in [0.4, 0.5) is 26.7 Å². The van der Waals surface area contributed by atoms with Crippen molar-refractivity contribution in [1.82, 2.24) is 30.8 Å². The molecule has 3 aromatic rings. The van der Waals surface area contributed by atoms with Gasteiger partial charge in [0.2, 0.25) is 11.8 Å². The van der Waals surface area contributed by atoms with Crippen LogP contribution in [-0.2, 0) is 11.2 Å². The molecule has 2 N–H and O–H groups in total. The molecule has 1 aromatic carbocycles. The number of aromatic nitrogens is 3. The molecule has 3 amide bonds. The Bertz CT molecular complexity index is 1430. The van der Waals surface area contributed by atoms with Crippen LogP contribution < -0.4 is 10.6 Å². The van der Waals surface area contributed by atoms with Crippen LogP contribution in [0.25, 0.3) is 11.1 Å². The quantitative estimate of drug-likeness (QED) is 0.337. The van der Waals surface area contributed by atoms with Gasteiger partial charge in [0.15, 0.2) is 11.3 Å². The summed E-state index contributed by atoms with van der Waals surface area (Å²) in [4.78, 5) is 31.2. The Morgan fingerprint density at radius 1 is 1.26 bits per heavy atom. The minimum atomic E-state index is -4.62. The number of fused-ring (bicyclic) bond motifs is 1. The van der Waals surface area contributed by atoms with E-state index in [4.69, 9.17) is 13.8 Å². The lowest BCUT2D eigenvalue weighted by Crippen LogP contribution is -2.40. The van der Waals surface area contributed by atoms with Gasteiger partial charge in [0.25, 0.3) is 5.91 Å². The molecular formula is C26H29F5N6O5. The molecule has 2 aliphatic rings. The van der Waals surface area contributed by atoms with E-state index in [-0.39, 0.29) is 43.9 Å². The number of carbonyl (C=O) groups is 2. The third kappa shape index (κ3) is 6.03. The number of nitrogens with zero attached hydrogens (tertiary/aromatic N) is 4. The molecule has 2 fully saturated rings.